The first-order valence-corrected chi connectivity index (χ1v) is 19.8. The molecule has 0 aliphatic rings. The SMILES string of the molecule is CCCCC/C=C\C/C=C\CCCC=C=CCCC(CCCCCCCC/C=C\C/C=C\CCCCC)NCCNCCN(C)C. The maximum atomic E-state index is 3.85. The van der Waals surface area contributed by atoms with Crippen LogP contribution in [0.5, 0.6) is 0 Å². The van der Waals surface area contributed by atoms with Gasteiger partial charge in [-0.1, -0.05) is 120 Å². The van der Waals surface area contributed by atoms with E-state index in [0.29, 0.717) is 6.04 Å². The Hall–Kier alpha value is -1.64. The van der Waals surface area contributed by atoms with E-state index >= 15 is 0 Å². The Morgan fingerprint density at radius 3 is 1.61 bits per heavy atom. The van der Waals surface area contributed by atoms with E-state index in [4.69, 9.17) is 0 Å². The third-order valence-electron chi connectivity index (χ3n) is 8.42. The number of rotatable bonds is 35. The van der Waals surface area contributed by atoms with Crippen LogP contribution in [0, 0.1) is 0 Å². The summed E-state index contributed by atoms with van der Waals surface area (Å²) in [5, 5.41) is 7.43. The molecule has 3 heteroatoms. The van der Waals surface area contributed by atoms with Crippen LogP contribution in [-0.2, 0) is 0 Å². The number of likely N-dealkylation sites (N-methyl/N-ethyl adjacent to an activating group) is 1. The van der Waals surface area contributed by atoms with Crippen molar-refractivity contribution >= 4 is 0 Å². The van der Waals surface area contributed by atoms with Crippen molar-refractivity contribution in [2.24, 2.45) is 0 Å². The molecule has 0 aromatic rings. The van der Waals surface area contributed by atoms with Gasteiger partial charge in [0.15, 0.2) is 0 Å². The Balaban J connectivity index is 4.09. The van der Waals surface area contributed by atoms with Crippen molar-refractivity contribution < 1.29 is 0 Å². The highest BCUT2D eigenvalue weighted by Crippen LogP contribution is 2.13. The summed E-state index contributed by atoms with van der Waals surface area (Å²) >= 11 is 0. The van der Waals surface area contributed by atoms with Gasteiger partial charge < -0.3 is 15.5 Å². The minimum atomic E-state index is 0.616. The Kier molecular flexibility index (Phi) is 38.1. The number of hydrogen-bond acceptors (Lipinski definition) is 3. The summed E-state index contributed by atoms with van der Waals surface area (Å²) in [6.07, 6.45) is 52.5. The van der Waals surface area contributed by atoms with E-state index < -0.39 is 0 Å². The second-order valence-electron chi connectivity index (χ2n) is 13.3. The van der Waals surface area contributed by atoms with Gasteiger partial charge in [-0.05, 0) is 116 Å². The molecule has 2 N–H and O–H groups in total. The number of nitrogens with zero attached hydrogens (tertiary/aromatic N) is 1. The zero-order valence-corrected chi connectivity index (χ0v) is 31.4. The Morgan fingerprint density at radius 1 is 0.500 bits per heavy atom. The van der Waals surface area contributed by atoms with Crippen LogP contribution in [0.2, 0.25) is 0 Å². The maximum Gasteiger partial charge on any atom is 0.0101 e. The molecule has 3 nitrogen and oxygen atoms in total. The van der Waals surface area contributed by atoms with Crippen LogP contribution in [0.3, 0.4) is 0 Å². The number of hydrogen-bond donors (Lipinski definition) is 2. The van der Waals surface area contributed by atoms with Gasteiger partial charge in [0.1, 0.15) is 0 Å². The Morgan fingerprint density at radius 2 is 1.02 bits per heavy atom. The monoisotopic (exact) mass is 638 g/mol. The summed E-state index contributed by atoms with van der Waals surface area (Å²) in [6, 6.07) is 0.616. The van der Waals surface area contributed by atoms with Gasteiger partial charge in [0.2, 0.25) is 0 Å². The Bertz CT molecular complexity index is 769. The van der Waals surface area contributed by atoms with Gasteiger partial charge in [-0.15, -0.1) is 5.73 Å². The molecule has 0 heterocycles. The van der Waals surface area contributed by atoms with Crippen LogP contribution in [0.15, 0.2) is 66.5 Å². The lowest BCUT2D eigenvalue weighted by atomic mass is 10.0. The summed E-state index contributed by atoms with van der Waals surface area (Å²) in [5.41, 5.74) is 3.46. The molecule has 0 aliphatic carbocycles. The Labute approximate surface area is 289 Å². The highest BCUT2D eigenvalue weighted by atomic mass is 15.1. The average Bonchev–Trinajstić information content (AvgIpc) is 3.05. The molecule has 0 bridgehead atoms. The van der Waals surface area contributed by atoms with E-state index in [1.807, 2.05) is 0 Å². The lowest BCUT2D eigenvalue weighted by molar-refractivity contribution is 0.392. The van der Waals surface area contributed by atoms with Gasteiger partial charge in [0.05, 0.1) is 0 Å². The molecule has 0 amide bonds. The lowest BCUT2D eigenvalue weighted by Crippen LogP contribution is -2.37. The van der Waals surface area contributed by atoms with Gasteiger partial charge >= 0.3 is 0 Å². The third-order valence-corrected chi connectivity index (χ3v) is 8.42. The molecule has 0 saturated heterocycles. The van der Waals surface area contributed by atoms with Gasteiger partial charge in [-0.25, -0.2) is 0 Å². The van der Waals surface area contributed by atoms with E-state index in [2.05, 4.69) is 110 Å². The molecule has 0 fully saturated rings. The van der Waals surface area contributed by atoms with Crippen LogP contribution in [0.4, 0.5) is 0 Å². The predicted octanol–water partition coefficient (Wildman–Crippen LogP) is 12.0. The molecule has 0 aliphatic heterocycles. The van der Waals surface area contributed by atoms with Gasteiger partial charge in [-0.2, -0.15) is 0 Å². The molecule has 0 spiro atoms. The fourth-order valence-electron chi connectivity index (χ4n) is 5.41. The molecule has 266 valence electrons. The molecule has 0 rings (SSSR count). The lowest BCUT2D eigenvalue weighted by Gasteiger charge is -2.18. The van der Waals surface area contributed by atoms with Gasteiger partial charge in [-0.3, -0.25) is 0 Å². The molecule has 1 unspecified atom stereocenters. The number of nitrogens with one attached hydrogen (secondary N) is 2. The van der Waals surface area contributed by atoms with E-state index in [9.17, 15) is 0 Å². The molecular formula is C43H79N3. The van der Waals surface area contributed by atoms with Gasteiger partial charge in [0.25, 0.3) is 0 Å². The number of allylic oxidation sites excluding steroid dienone is 9. The molecule has 46 heavy (non-hydrogen) atoms. The predicted molar refractivity (Wildman–Crippen MR) is 210 cm³/mol. The molecule has 0 aromatic carbocycles. The fourth-order valence-corrected chi connectivity index (χ4v) is 5.41. The van der Waals surface area contributed by atoms with E-state index in [-0.39, 0.29) is 0 Å². The zero-order chi connectivity index (χ0) is 33.4. The smallest absolute Gasteiger partial charge is 0.0101 e. The second kappa shape index (κ2) is 39.5. The van der Waals surface area contributed by atoms with E-state index in [1.165, 1.54) is 122 Å². The minimum absolute atomic E-state index is 0.616. The molecule has 0 aromatic heterocycles. The third kappa shape index (κ3) is 38.5. The molecular weight excluding hydrogens is 558 g/mol. The normalized spacial score (nSPS) is 12.8. The largest absolute Gasteiger partial charge is 0.314 e. The van der Waals surface area contributed by atoms with Crippen molar-refractivity contribution in [1.82, 2.24) is 15.5 Å². The minimum Gasteiger partial charge on any atom is -0.314 e. The van der Waals surface area contributed by atoms with Crippen LogP contribution in [0.1, 0.15) is 162 Å². The zero-order valence-electron chi connectivity index (χ0n) is 31.4. The quantitative estimate of drug-likeness (QED) is 0.0411. The highest BCUT2D eigenvalue weighted by molar-refractivity contribution is 4.94. The van der Waals surface area contributed by atoms with E-state index in [1.54, 1.807) is 0 Å². The van der Waals surface area contributed by atoms with Crippen molar-refractivity contribution in [2.75, 3.05) is 40.3 Å². The second-order valence-corrected chi connectivity index (χ2v) is 13.3. The van der Waals surface area contributed by atoms with Crippen LogP contribution in [-0.4, -0.2) is 51.2 Å². The molecule has 1 atom stereocenters. The van der Waals surface area contributed by atoms with Crippen molar-refractivity contribution in [3.63, 3.8) is 0 Å². The van der Waals surface area contributed by atoms with Crippen molar-refractivity contribution in [1.29, 1.82) is 0 Å². The van der Waals surface area contributed by atoms with Crippen molar-refractivity contribution in [3.05, 3.63) is 66.5 Å². The fraction of sp³-hybridized carbons (Fsp3) is 0.744. The van der Waals surface area contributed by atoms with Crippen LogP contribution < -0.4 is 10.6 Å². The first-order chi connectivity index (χ1) is 22.7. The van der Waals surface area contributed by atoms with Crippen LogP contribution >= 0.6 is 0 Å². The summed E-state index contributed by atoms with van der Waals surface area (Å²) in [4.78, 5) is 2.24. The summed E-state index contributed by atoms with van der Waals surface area (Å²) in [7, 11) is 4.27. The standard InChI is InChI=1S/C43H79N3/c1-5-7-9-11-13-15-17-19-21-23-25-27-29-31-33-35-37-43(45-40-39-44-41-42-46(3)4)38-36-34-32-30-28-26-24-22-20-18-16-14-12-10-8-6-2/h13-16,19-22,29,33,43-45H,5-12,17-18,23-28,30,32,34-42H2,1-4H3/b15-13-,16-14-,21-19-,22-20-. The highest BCUT2D eigenvalue weighted by Gasteiger charge is 2.07. The molecule has 0 radical (unpaired) electrons. The van der Waals surface area contributed by atoms with Gasteiger partial charge in [0, 0.05) is 32.2 Å². The van der Waals surface area contributed by atoms with Crippen LogP contribution in [0.25, 0.3) is 0 Å². The average molecular weight is 638 g/mol. The topological polar surface area (TPSA) is 27.3 Å². The van der Waals surface area contributed by atoms with Crippen molar-refractivity contribution in [2.45, 2.75) is 168 Å². The maximum absolute atomic E-state index is 3.85. The first kappa shape index (κ1) is 44.4. The summed E-state index contributed by atoms with van der Waals surface area (Å²) in [6.45, 7) is 8.80. The van der Waals surface area contributed by atoms with Crippen molar-refractivity contribution in [3.8, 4) is 0 Å². The number of unbranched alkanes of at least 4 members (excludes halogenated alkanes) is 14. The molecule has 0 saturated carbocycles. The first-order valence-electron chi connectivity index (χ1n) is 19.8. The summed E-state index contributed by atoms with van der Waals surface area (Å²) in [5.74, 6) is 0. The van der Waals surface area contributed by atoms with E-state index in [0.717, 1.165) is 51.9 Å². The summed E-state index contributed by atoms with van der Waals surface area (Å²) < 4.78 is 0.